The molecule has 1 saturated heterocycles. The second kappa shape index (κ2) is 4.88. The van der Waals surface area contributed by atoms with Crippen molar-refractivity contribution in [1.29, 1.82) is 0 Å². The first-order valence-corrected chi connectivity index (χ1v) is 6.56. The highest BCUT2D eigenvalue weighted by Gasteiger charge is 2.45. The summed E-state index contributed by atoms with van der Waals surface area (Å²) in [5.41, 5.74) is 6.30. The number of imidazole rings is 1. The number of aliphatic hydroxyl groups is 2. The molecule has 0 spiro atoms. The lowest BCUT2D eigenvalue weighted by molar-refractivity contribution is -0.0459. The summed E-state index contributed by atoms with van der Waals surface area (Å²) in [7, 11) is 0. The second-order valence-electron chi connectivity index (χ2n) is 4.38. The number of hydrogen-bond acceptors (Lipinski definition) is 7. The molecule has 10 heteroatoms. The maximum Gasteiger partial charge on any atom is 0.200 e. The molecule has 4 atom stereocenters. The van der Waals surface area contributed by atoms with Crippen LogP contribution in [0.15, 0.2) is 11.1 Å². The molecule has 1 fully saturated rings. The molecule has 20 heavy (non-hydrogen) atoms. The zero-order chi connectivity index (χ0) is 14.4. The maximum absolute atomic E-state index is 14.1. The highest BCUT2D eigenvalue weighted by molar-refractivity contribution is 9.10. The molecule has 3 rings (SSSR count). The summed E-state index contributed by atoms with van der Waals surface area (Å²) in [6, 6.07) is 0. The minimum atomic E-state index is -1.71. The molecule has 0 aliphatic carbocycles. The fourth-order valence-corrected chi connectivity index (χ4v) is 2.53. The second-order valence-corrected chi connectivity index (χ2v) is 5.09. The SMILES string of the molecule is Nc1nc(Br)nc2c1ncn2[C@@H]1O[C@H](CO)[C@@H](O)[C@H]1F. The summed E-state index contributed by atoms with van der Waals surface area (Å²) < 4.78 is 20.9. The summed E-state index contributed by atoms with van der Waals surface area (Å²) in [6.45, 7) is -0.481. The number of nitrogens with zero attached hydrogens (tertiary/aromatic N) is 4. The fraction of sp³-hybridized carbons (Fsp3) is 0.500. The number of fused-ring (bicyclic) bond motifs is 1. The standard InChI is InChI=1S/C10H11BrFN5O3/c11-10-15-7(13)5-8(16-10)17(2-14-5)9-4(12)6(19)3(1-18)20-9/h2-4,6,9,18-19H,1H2,(H2,13,15,16)/t3-,4-,6-,9-/m1/s1. The molecule has 1 aliphatic heterocycles. The summed E-state index contributed by atoms with van der Waals surface area (Å²) >= 11 is 3.10. The van der Waals surface area contributed by atoms with Crippen molar-refractivity contribution >= 4 is 32.9 Å². The van der Waals surface area contributed by atoms with Crippen molar-refractivity contribution < 1.29 is 19.3 Å². The largest absolute Gasteiger partial charge is 0.394 e. The third-order valence-corrected chi connectivity index (χ3v) is 3.52. The number of anilines is 1. The Morgan fingerprint density at radius 1 is 1.50 bits per heavy atom. The zero-order valence-corrected chi connectivity index (χ0v) is 11.6. The molecule has 3 heterocycles. The fourth-order valence-electron chi connectivity index (χ4n) is 2.18. The Hall–Kier alpha value is -1.36. The maximum atomic E-state index is 14.1. The molecule has 108 valence electrons. The van der Waals surface area contributed by atoms with Crippen LogP contribution in [0.2, 0.25) is 0 Å². The minimum absolute atomic E-state index is 0.147. The number of hydrogen-bond donors (Lipinski definition) is 3. The van der Waals surface area contributed by atoms with E-state index in [0.717, 1.165) is 0 Å². The first-order chi connectivity index (χ1) is 9.52. The van der Waals surface area contributed by atoms with E-state index in [-0.39, 0.29) is 16.2 Å². The topological polar surface area (TPSA) is 119 Å². The Morgan fingerprint density at radius 3 is 2.90 bits per heavy atom. The van der Waals surface area contributed by atoms with E-state index >= 15 is 0 Å². The highest BCUT2D eigenvalue weighted by atomic mass is 79.9. The van der Waals surface area contributed by atoms with E-state index in [1.165, 1.54) is 10.9 Å². The first kappa shape index (κ1) is 13.6. The predicted octanol–water partition coefficient (Wildman–Crippen LogP) is -0.240. The number of aliphatic hydroxyl groups excluding tert-OH is 2. The average molecular weight is 348 g/mol. The van der Waals surface area contributed by atoms with Gasteiger partial charge in [0.2, 0.25) is 4.73 Å². The van der Waals surface area contributed by atoms with Crippen LogP contribution < -0.4 is 5.73 Å². The van der Waals surface area contributed by atoms with E-state index in [1.54, 1.807) is 0 Å². The van der Waals surface area contributed by atoms with Crippen LogP contribution in [0.3, 0.4) is 0 Å². The van der Waals surface area contributed by atoms with Gasteiger partial charge in [-0.25, -0.2) is 19.3 Å². The third-order valence-electron chi connectivity index (χ3n) is 3.17. The van der Waals surface area contributed by atoms with E-state index in [1.807, 2.05) is 0 Å². The van der Waals surface area contributed by atoms with Gasteiger partial charge in [-0.05, 0) is 15.9 Å². The Balaban J connectivity index is 2.07. The van der Waals surface area contributed by atoms with Gasteiger partial charge < -0.3 is 20.7 Å². The van der Waals surface area contributed by atoms with Gasteiger partial charge in [0.15, 0.2) is 23.9 Å². The molecule has 1 aliphatic rings. The van der Waals surface area contributed by atoms with Crippen molar-refractivity contribution in [3.8, 4) is 0 Å². The number of aromatic nitrogens is 4. The number of nitrogen functional groups attached to an aromatic ring is 1. The number of ether oxygens (including phenoxy) is 1. The smallest absolute Gasteiger partial charge is 0.200 e. The van der Waals surface area contributed by atoms with Crippen LogP contribution in [-0.2, 0) is 4.74 Å². The molecule has 0 amide bonds. The summed E-state index contributed by atoms with van der Waals surface area (Å²) in [5.74, 6) is 0.147. The van der Waals surface area contributed by atoms with Crippen LogP contribution in [0.5, 0.6) is 0 Å². The average Bonchev–Trinajstić information content (AvgIpc) is 2.93. The Kier molecular flexibility index (Phi) is 3.32. The lowest BCUT2D eigenvalue weighted by Crippen LogP contribution is -2.30. The van der Waals surface area contributed by atoms with E-state index < -0.39 is 31.2 Å². The summed E-state index contributed by atoms with van der Waals surface area (Å²) in [6.07, 6.45) is -3.93. The van der Waals surface area contributed by atoms with Crippen molar-refractivity contribution in [2.75, 3.05) is 12.3 Å². The number of halogens is 2. The van der Waals surface area contributed by atoms with Gasteiger partial charge in [-0.15, -0.1) is 0 Å². The normalized spacial score (nSPS) is 30.2. The lowest BCUT2D eigenvalue weighted by atomic mass is 10.1. The van der Waals surface area contributed by atoms with Crippen LogP contribution in [0.4, 0.5) is 10.2 Å². The Labute approximate surface area is 120 Å². The molecule has 8 nitrogen and oxygen atoms in total. The van der Waals surface area contributed by atoms with Gasteiger partial charge in [-0.3, -0.25) is 4.57 Å². The third kappa shape index (κ3) is 1.95. The molecule has 4 N–H and O–H groups in total. The van der Waals surface area contributed by atoms with Crippen molar-refractivity contribution in [3.63, 3.8) is 0 Å². The molecule has 2 aromatic rings. The number of nitrogens with two attached hydrogens (primary N) is 1. The van der Waals surface area contributed by atoms with E-state index in [9.17, 15) is 9.50 Å². The van der Waals surface area contributed by atoms with Crippen molar-refractivity contribution in [1.82, 2.24) is 19.5 Å². The molecule has 0 aromatic carbocycles. The minimum Gasteiger partial charge on any atom is -0.394 e. The van der Waals surface area contributed by atoms with Crippen LogP contribution in [0.1, 0.15) is 6.23 Å². The van der Waals surface area contributed by atoms with Gasteiger partial charge in [0.1, 0.15) is 17.7 Å². The van der Waals surface area contributed by atoms with Crippen LogP contribution in [-0.4, -0.2) is 54.7 Å². The molecule has 0 unspecified atom stereocenters. The lowest BCUT2D eigenvalue weighted by Gasteiger charge is -2.15. The molecule has 0 radical (unpaired) electrons. The van der Waals surface area contributed by atoms with Gasteiger partial charge in [0.25, 0.3) is 0 Å². The van der Waals surface area contributed by atoms with E-state index in [2.05, 4.69) is 30.9 Å². The van der Waals surface area contributed by atoms with Crippen LogP contribution in [0, 0.1) is 0 Å². The van der Waals surface area contributed by atoms with Crippen LogP contribution >= 0.6 is 15.9 Å². The van der Waals surface area contributed by atoms with Gasteiger partial charge in [-0.1, -0.05) is 0 Å². The Morgan fingerprint density at radius 2 is 2.25 bits per heavy atom. The molecule has 0 saturated carbocycles. The first-order valence-electron chi connectivity index (χ1n) is 5.77. The Bertz CT molecular complexity index is 653. The summed E-state index contributed by atoms with van der Waals surface area (Å²) in [4.78, 5) is 12.0. The number of alkyl halides is 1. The van der Waals surface area contributed by atoms with E-state index in [0.29, 0.717) is 5.52 Å². The molecular weight excluding hydrogens is 337 g/mol. The zero-order valence-electron chi connectivity index (χ0n) is 10.0. The number of rotatable bonds is 2. The highest BCUT2D eigenvalue weighted by Crippen LogP contribution is 2.34. The quantitative estimate of drug-likeness (QED) is 0.641. The van der Waals surface area contributed by atoms with Crippen molar-refractivity contribution in [2.24, 2.45) is 0 Å². The van der Waals surface area contributed by atoms with Gasteiger partial charge in [0.05, 0.1) is 12.9 Å². The van der Waals surface area contributed by atoms with Gasteiger partial charge in [-0.2, -0.15) is 0 Å². The molecule has 0 bridgehead atoms. The molecular formula is C10H11BrFN5O3. The summed E-state index contributed by atoms with van der Waals surface area (Å²) in [5, 5.41) is 18.7. The monoisotopic (exact) mass is 347 g/mol. The molecule has 2 aromatic heterocycles. The van der Waals surface area contributed by atoms with Crippen LogP contribution in [0.25, 0.3) is 11.2 Å². The van der Waals surface area contributed by atoms with Crippen molar-refractivity contribution in [3.05, 3.63) is 11.1 Å². The van der Waals surface area contributed by atoms with Gasteiger partial charge in [0, 0.05) is 0 Å². The predicted molar refractivity (Wildman–Crippen MR) is 69.3 cm³/mol. The van der Waals surface area contributed by atoms with Gasteiger partial charge >= 0.3 is 0 Å². The van der Waals surface area contributed by atoms with E-state index in [4.69, 9.17) is 15.6 Å². The van der Waals surface area contributed by atoms with Crippen molar-refractivity contribution in [2.45, 2.75) is 24.6 Å².